The zero-order valence-corrected chi connectivity index (χ0v) is 17.2. The number of nitrogens with zero attached hydrogens (tertiary/aromatic N) is 3. The van der Waals surface area contributed by atoms with Crippen molar-refractivity contribution in [2.24, 2.45) is 11.8 Å². The average Bonchev–Trinajstić information content (AvgIpc) is 3.50. The largest absolute Gasteiger partial charge is 0.360 e. The smallest absolute Gasteiger partial charge is 0.230 e. The summed E-state index contributed by atoms with van der Waals surface area (Å²) in [4.78, 5) is 30.0. The molecular weight excluding hydrogens is 382 g/mol. The summed E-state index contributed by atoms with van der Waals surface area (Å²) in [6, 6.07) is 10.1. The van der Waals surface area contributed by atoms with Crippen LogP contribution in [0, 0.1) is 18.8 Å². The molecule has 1 spiro atoms. The molecule has 0 saturated carbocycles. The van der Waals surface area contributed by atoms with E-state index < -0.39 is 17.4 Å². The van der Waals surface area contributed by atoms with E-state index in [-0.39, 0.29) is 17.9 Å². The van der Waals surface area contributed by atoms with Crippen LogP contribution in [0.3, 0.4) is 0 Å². The Labute approximate surface area is 175 Å². The van der Waals surface area contributed by atoms with Crippen molar-refractivity contribution in [2.45, 2.75) is 31.6 Å². The fourth-order valence-corrected chi connectivity index (χ4v) is 4.96. The van der Waals surface area contributed by atoms with Crippen molar-refractivity contribution in [3.8, 4) is 0 Å². The highest BCUT2D eigenvalue weighted by molar-refractivity contribution is 5.93. The molecule has 0 unspecified atom stereocenters. The number of likely N-dealkylation sites (tertiary alicyclic amines) is 1. The lowest BCUT2D eigenvalue weighted by atomic mass is 9.76. The Morgan fingerprint density at radius 1 is 1.30 bits per heavy atom. The Kier molecular flexibility index (Phi) is 4.50. The van der Waals surface area contributed by atoms with Crippen LogP contribution in [-0.2, 0) is 27.3 Å². The van der Waals surface area contributed by atoms with Crippen molar-refractivity contribution in [3.63, 3.8) is 0 Å². The van der Waals surface area contributed by atoms with Gasteiger partial charge in [0.2, 0.25) is 11.8 Å². The van der Waals surface area contributed by atoms with Crippen LogP contribution in [-0.4, -0.2) is 58.6 Å². The fourth-order valence-electron chi connectivity index (χ4n) is 4.96. The van der Waals surface area contributed by atoms with Gasteiger partial charge >= 0.3 is 0 Å². The predicted octanol–water partition coefficient (Wildman–Crippen LogP) is 1.97. The molecule has 7 nitrogen and oxygen atoms in total. The SMILES string of the molecule is Cc1ccc(CCN2C[C@]34C=C[C@H](O3)[C@H](C(=O)N(C)Cc3ccno3)[C@H]4C2=O)cc1. The standard InChI is InChI=1S/C23H25N3O4/c1-15-3-5-16(6-4-15)9-12-26-14-23-10-7-18(29-23)19(20(23)22(26)28)21(27)25(2)13-17-8-11-24-30-17/h3-8,10-11,18-20H,9,12-14H2,1-2H3/t18-,19-,20-,23-/m0/s1. The van der Waals surface area contributed by atoms with E-state index in [2.05, 4.69) is 36.3 Å². The second-order valence-electron chi connectivity index (χ2n) is 8.57. The second kappa shape index (κ2) is 7.09. The molecule has 7 heteroatoms. The Balaban J connectivity index is 1.30. The lowest BCUT2D eigenvalue weighted by Crippen LogP contribution is -2.44. The second-order valence-corrected chi connectivity index (χ2v) is 8.57. The van der Waals surface area contributed by atoms with Crippen LogP contribution in [0.1, 0.15) is 16.9 Å². The third kappa shape index (κ3) is 3.04. The van der Waals surface area contributed by atoms with Gasteiger partial charge in [0.1, 0.15) is 5.60 Å². The number of benzene rings is 1. The number of aromatic nitrogens is 1. The minimum absolute atomic E-state index is 0.0142. The lowest BCUT2D eigenvalue weighted by Gasteiger charge is -2.27. The number of aryl methyl sites for hydroxylation is 1. The van der Waals surface area contributed by atoms with E-state index in [1.165, 1.54) is 11.1 Å². The van der Waals surface area contributed by atoms with Crippen molar-refractivity contribution >= 4 is 11.8 Å². The molecule has 2 aromatic rings. The molecule has 1 aromatic heterocycles. The first-order valence-corrected chi connectivity index (χ1v) is 10.3. The molecule has 156 valence electrons. The van der Waals surface area contributed by atoms with E-state index in [1.807, 2.05) is 17.1 Å². The molecule has 4 atom stereocenters. The molecule has 0 N–H and O–H groups in total. The zero-order valence-electron chi connectivity index (χ0n) is 17.2. The average molecular weight is 407 g/mol. The summed E-state index contributed by atoms with van der Waals surface area (Å²) in [6.45, 7) is 3.50. The number of amides is 2. The van der Waals surface area contributed by atoms with Crippen LogP contribution < -0.4 is 0 Å². The molecule has 4 heterocycles. The van der Waals surface area contributed by atoms with E-state index in [0.717, 1.165) is 6.42 Å². The molecule has 5 rings (SSSR count). The molecule has 30 heavy (non-hydrogen) atoms. The third-order valence-corrected chi connectivity index (χ3v) is 6.52. The molecule has 3 aliphatic heterocycles. The maximum Gasteiger partial charge on any atom is 0.230 e. The van der Waals surface area contributed by atoms with E-state index in [9.17, 15) is 9.59 Å². The third-order valence-electron chi connectivity index (χ3n) is 6.52. The van der Waals surface area contributed by atoms with Gasteiger partial charge in [-0.2, -0.15) is 0 Å². The first-order valence-electron chi connectivity index (χ1n) is 10.3. The molecule has 3 aliphatic rings. The number of carbonyl (C=O) groups excluding carboxylic acids is 2. The van der Waals surface area contributed by atoms with Gasteiger partial charge in [-0.1, -0.05) is 47.1 Å². The number of hydrogen-bond acceptors (Lipinski definition) is 5. The topological polar surface area (TPSA) is 75.9 Å². The Morgan fingerprint density at radius 2 is 2.10 bits per heavy atom. The number of fused-ring (bicyclic) bond motifs is 1. The highest BCUT2D eigenvalue weighted by atomic mass is 16.5. The van der Waals surface area contributed by atoms with E-state index in [4.69, 9.17) is 9.26 Å². The molecule has 2 bridgehead atoms. The van der Waals surface area contributed by atoms with Gasteiger partial charge < -0.3 is 19.1 Å². The number of hydrogen-bond donors (Lipinski definition) is 0. The summed E-state index contributed by atoms with van der Waals surface area (Å²) < 4.78 is 11.3. The number of ether oxygens (including phenoxy) is 1. The van der Waals surface area contributed by atoms with E-state index in [1.54, 1.807) is 24.2 Å². The van der Waals surface area contributed by atoms with Gasteiger partial charge in [0.05, 0.1) is 37.2 Å². The summed E-state index contributed by atoms with van der Waals surface area (Å²) in [5, 5.41) is 3.68. The molecule has 0 radical (unpaired) electrons. The maximum atomic E-state index is 13.3. The number of carbonyl (C=O) groups is 2. The van der Waals surface area contributed by atoms with E-state index in [0.29, 0.717) is 25.4 Å². The van der Waals surface area contributed by atoms with Crippen LogP contribution in [0.4, 0.5) is 0 Å². The number of rotatable bonds is 6. The summed E-state index contributed by atoms with van der Waals surface area (Å²) in [7, 11) is 1.72. The highest BCUT2D eigenvalue weighted by Gasteiger charge is 2.66. The van der Waals surface area contributed by atoms with Crippen LogP contribution in [0.2, 0.25) is 0 Å². The van der Waals surface area contributed by atoms with Crippen LogP contribution in [0.5, 0.6) is 0 Å². The van der Waals surface area contributed by atoms with Crippen molar-refractivity contribution < 1.29 is 18.8 Å². The molecule has 0 aliphatic carbocycles. The Hall–Kier alpha value is -2.93. The first-order chi connectivity index (χ1) is 14.5. The minimum Gasteiger partial charge on any atom is -0.360 e. The first kappa shape index (κ1) is 19.1. The molecule has 2 fully saturated rings. The normalized spacial score (nSPS) is 28.9. The molecule has 2 saturated heterocycles. The lowest BCUT2D eigenvalue weighted by molar-refractivity contribution is -0.142. The van der Waals surface area contributed by atoms with Gasteiger partial charge in [-0.05, 0) is 18.9 Å². The fraction of sp³-hybridized carbons (Fsp3) is 0.435. The molecule has 1 aromatic carbocycles. The van der Waals surface area contributed by atoms with Gasteiger partial charge in [0, 0.05) is 19.7 Å². The van der Waals surface area contributed by atoms with Crippen molar-refractivity contribution in [1.29, 1.82) is 0 Å². The maximum absolute atomic E-state index is 13.3. The van der Waals surface area contributed by atoms with Gasteiger partial charge in [0.15, 0.2) is 5.76 Å². The van der Waals surface area contributed by atoms with Gasteiger partial charge in [-0.3, -0.25) is 9.59 Å². The Morgan fingerprint density at radius 3 is 2.83 bits per heavy atom. The summed E-state index contributed by atoms with van der Waals surface area (Å²) in [6.07, 6.45) is 5.93. The summed E-state index contributed by atoms with van der Waals surface area (Å²) in [5.41, 5.74) is 1.74. The zero-order chi connectivity index (χ0) is 20.9. The van der Waals surface area contributed by atoms with E-state index >= 15 is 0 Å². The summed E-state index contributed by atoms with van der Waals surface area (Å²) >= 11 is 0. The quantitative estimate of drug-likeness (QED) is 0.685. The minimum atomic E-state index is -0.678. The monoisotopic (exact) mass is 407 g/mol. The molecule has 2 amide bonds. The van der Waals surface area contributed by atoms with Crippen molar-refractivity contribution in [3.05, 3.63) is 65.6 Å². The van der Waals surface area contributed by atoms with Crippen LogP contribution in [0.25, 0.3) is 0 Å². The van der Waals surface area contributed by atoms with Gasteiger partial charge in [-0.25, -0.2) is 0 Å². The summed E-state index contributed by atoms with van der Waals surface area (Å²) in [5.74, 6) is -0.436. The predicted molar refractivity (Wildman–Crippen MR) is 108 cm³/mol. The van der Waals surface area contributed by atoms with Crippen molar-refractivity contribution in [1.82, 2.24) is 15.0 Å². The molecular formula is C23H25N3O4. The van der Waals surface area contributed by atoms with Crippen LogP contribution in [0.15, 0.2) is 53.2 Å². The van der Waals surface area contributed by atoms with Crippen molar-refractivity contribution in [2.75, 3.05) is 20.1 Å². The van der Waals surface area contributed by atoms with Gasteiger partial charge in [0.25, 0.3) is 0 Å². The highest BCUT2D eigenvalue weighted by Crippen LogP contribution is 2.52. The Bertz CT molecular complexity index is 984. The van der Waals surface area contributed by atoms with Gasteiger partial charge in [-0.15, -0.1) is 0 Å². The van der Waals surface area contributed by atoms with Crippen LogP contribution >= 0.6 is 0 Å².